The lowest BCUT2D eigenvalue weighted by atomic mass is 10.0. The quantitative estimate of drug-likeness (QED) is 0.574. The number of nitrogens with one attached hydrogen (secondary N) is 1. The van der Waals surface area contributed by atoms with E-state index in [4.69, 9.17) is 0 Å². The molecule has 28 heavy (non-hydrogen) atoms. The number of rotatable bonds is 2. The van der Waals surface area contributed by atoms with Crippen molar-refractivity contribution in [3.05, 3.63) is 89.1 Å². The summed E-state index contributed by atoms with van der Waals surface area (Å²) in [6, 6.07) is 14.2. The molecule has 4 heterocycles. The molecule has 1 unspecified atom stereocenters. The average Bonchev–Trinajstić information content (AvgIpc) is 3.32. The minimum atomic E-state index is -0.141. The Labute approximate surface area is 163 Å². The number of pyridine rings is 1. The molecule has 1 aromatic carbocycles. The van der Waals surface area contributed by atoms with Gasteiger partial charge in [0, 0.05) is 48.3 Å². The molecule has 140 valence electrons. The van der Waals surface area contributed by atoms with Crippen LogP contribution in [0.3, 0.4) is 0 Å². The summed E-state index contributed by atoms with van der Waals surface area (Å²) < 4.78 is 2.23. The number of carbonyl (C=O) groups is 1. The van der Waals surface area contributed by atoms with E-state index in [1.165, 1.54) is 5.56 Å². The van der Waals surface area contributed by atoms with E-state index in [2.05, 4.69) is 51.9 Å². The van der Waals surface area contributed by atoms with E-state index in [1.807, 2.05) is 36.2 Å². The molecule has 0 spiro atoms. The monoisotopic (exact) mass is 370 g/mol. The molecule has 0 fully saturated rings. The molecule has 0 aliphatic carbocycles. The number of fused-ring (bicyclic) bond motifs is 2. The minimum Gasteiger partial charge on any atom is -0.350 e. The van der Waals surface area contributed by atoms with Crippen molar-refractivity contribution < 1.29 is 4.79 Å². The van der Waals surface area contributed by atoms with E-state index in [0.29, 0.717) is 12.2 Å². The van der Waals surface area contributed by atoms with Crippen LogP contribution in [0, 0.1) is 13.8 Å². The summed E-state index contributed by atoms with van der Waals surface area (Å²) in [5.41, 5.74) is 6.03. The van der Waals surface area contributed by atoms with Crippen LogP contribution in [-0.2, 0) is 6.54 Å². The third-order valence-electron chi connectivity index (χ3n) is 5.73. The van der Waals surface area contributed by atoms with Gasteiger partial charge in [0.25, 0.3) is 5.91 Å². The second kappa shape index (κ2) is 6.37. The van der Waals surface area contributed by atoms with Crippen molar-refractivity contribution in [2.45, 2.75) is 26.4 Å². The van der Waals surface area contributed by atoms with Crippen LogP contribution in [-0.4, -0.2) is 31.9 Å². The lowest BCUT2D eigenvalue weighted by Gasteiger charge is -2.37. The lowest BCUT2D eigenvalue weighted by molar-refractivity contribution is 0.0658. The molecule has 5 rings (SSSR count). The molecule has 5 nitrogen and oxygen atoms in total. The number of benzene rings is 1. The van der Waals surface area contributed by atoms with Crippen LogP contribution in [0.1, 0.15) is 38.9 Å². The Morgan fingerprint density at radius 1 is 1.14 bits per heavy atom. The lowest BCUT2D eigenvalue weighted by Crippen LogP contribution is -2.42. The molecule has 3 aromatic heterocycles. The van der Waals surface area contributed by atoms with Crippen LogP contribution in [0.15, 0.2) is 61.1 Å². The van der Waals surface area contributed by atoms with E-state index < -0.39 is 0 Å². The highest BCUT2D eigenvalue weighted by Crippen LogP contribution is 2.34. The fourth-order valence-corrected chi connectivity index (χ4v) is 4.29. The highest BCUT2D eigenvalue weighted by molar-refractivity contribution is 6.01. The van der Waals surface area contributed by atoms with Gasteiger partial charge >= 0.3 is 0 Å². The molecule has 1 aliphatic heterocycles. The van der Waals surface area contributed by atoms with Gasteiger partial charge < -0.3 is 14.5 Å². The Morgan fingerprint density at radius 2 is 2.04 bits per heavy atom. The summed E-state index contributed by atoms with van der Waals surface area (Å²) in [5, 5.41) is 1.11. The Bertz CT molecular complexity index is 1170. The van der Waals surface area contributed by atoms with Crippen molar-refractivity contribution in [2.75, 3.05) is 6.54 Å². The number of H-pyrrole nitrogens is 1. The summed E-state index contributed by atoms with van der Waals surface area (Å²) in [4.78, 5) is 23.3. The maximum absolute atomic E-state index is 13.7. The molecule has 1 aliphatic rings. The second-order valence-corrected chi connectivity index (χ2v) is 7.49. The molecule has 1 amide bonds. The zero-order valence-electron chi connectivity index (χ0n) is 16.0. The zero-order chi connectivity index (χ0) is 19.3. The Kier molecular flexibility index (Phi) is 3.83. The molecular formula is C23H22N4O. The van der Waals surface area contributed by atoms with Crippen LogP contribution >= 0.6 is 0 Å². The van der Waals surface area contributed by atoms with Gasteiger partial charge in [-0.1, -0.05) is 17.7 Å². The topological polar surface area (TPSA) is 53.9 Å². The number of aryl methyl sites for hydroxylation is 2. The standard InChI is InChI=1S/C23H22N4O/c1-15-7-8-19-18(13-15)16(2)21(25-19)23(28)27-12-11-26-10-4-6-20(26)22(27)17-5-3-9-24-14-17/h3-10,13-14,22,25H,11-12H2,1-2H3. The van der Waals surface area contributed by atoms with Crippen molar-refractivity contribution >= 4 is 16.8 Å². The summed E-state index contributed by atoms with van der Waals surface area (Å²) in [5.74, 6) is 0.0349. The van der Waals surface area contributed by atoms with Gasteiger partial charge in [-0.2, -0.15) is 0 Å². The van der Waals surface area contributed by atoms with Gasteiger partial charge in [0.1, 0.15) is 5.69 Å². The number of amides is 1. The predicted octanol–water partition coefficient (Wildman–Crippen LogP) is 4.23. The van der Waals surface area contributed by atoms with E-state index in [9.17, 15) is 4.79 Å². The smallest absolute Gasteiger partial charge is 0.271 e. The van der Waals surface area contributed by atoms with Crippen molar-refractivity contribution in [2.24, 2.45) is 0 Å². The first-order valence-corrected chi connectivity index (χ1v) is 9.58. The molecule has 1 N–H and O–H groups in total. The molecular weight excluding hydrogens is 348 g/mol. The fourth-order valence-electron chi connectivity index (χ4n) is 4.29. The normalized spacial score (nSPS) is 16.4. The molecule has 0 saturated heterocycles. The van der Waals surface area contributed by atoms with Crippen LogP contribution < -0.4 is 0 Å². The predicted molar refractivity (Wildman–Crippen MR) is 109 cm³/mol. The van der Waals surface area contributed by atoms with Gasteiger partial charge in [0.05, 0.1) is 6.04 Å². The zero-order valence-corrected chi connectivity index (χ0v) is 16.0. The Morgan fingerprint density at radius 3 is 2.86 bits per heavy atom. The van der Waals surface area contributed by atoms with Crippen LogP contribution in [0.2, 0.25) is 0 Å². The third-order valence-corrected chi connectivity index (χ3v) is 5.73. The van der Waals surface area contributed by atoms with Crippen molar-refractivity contribution in [3.8, 4) is 0 Å². The van der Waals surface area contributed by atoms with E-state index >= 15 is 0 Å². The van der Waals surface area contributed by atoms with Crippen molar-refractivity contribution in [1.29, 1.82) is 0 Å². The third kappa shape index (κ3) is 2.54. The van der Waals surface area contributed by atoms with Gasteiger partial charge in [0.2, 0.25) is 0 Å². The highest BCUT2D eigenvalue weighted by atomic mass is 16.2. The van der Waals surface area contributed by atoms with Crippen LogP contribution in [0.25, 0.3) is 10.9 Å². The molecule has 5 heteroatoms. The van der Waals surface area contributed by atoms with Gasteiger partial charge in [-0.3, -0.25) is 9.78 Å². The number of hydrogen-bond acceptors (Lipinski definition) is 2. The maximum atomic E-state index is 13.7. The highest BCUT2D eigenvalue weighted by Gasteiger charge is 2.34. The number of aromatic nitrogens is 3. The first kappa shape index (κ1) is 16.8. The van der Waals surface area contributed by atoms with Gasteiger partial charge in [-0.05, 0) is 55.3 Å². The fraction of sp³-hybridized carbons (Fsp3) is 0.217. The SMILES string of the molecule is Cc1ccc2[nH]c(C(=O)N3CCn4cccc4C3c3cccnc3)c(C)c2c1. The number of aromatic amines is 1. The van der Waals surface area contributed by atoms with Crippen LogP contribution in [0.5, 0.6) is 0 Å². The minimum absolute atomic E-state index is 0.0349. The molecule has 0 bridgehead atoms. The van der Waals surface area contributed by atoms with Gasteiger partial charge in [0.15, 0.2) is 0 Å². The van der Waals surface area contributed by atoms with E-state index in [0.717, 1.165) is 34.3 Å². The number of carbonyl (C=O) groups excluding carboxylic acids is 1. The summed E-state index contributed by atoms with van der Waals surface area (Å²) >= 11 is 0. The number of hydrogen-bond donors (Lipinski definition) is 1. The largest absolute Gasteiger partial charge is 0.350 e. The molecule has 1 atom stereocenters. The molecule has 0 saturated carbocycles. The van der Waals surface area contributed by atoms with Crippen LogP contribution in [0.4, 0.5) is 0 Å². The first-order chi connectivity index (χ1) is 13.6. The number of nitrogens with zero attached hydrogens (tertiary/aromatic N) is 3. The van der Waals surface area contributed by atoms with E-state index in [-0.39, 0.29) is 11.9 Å². The van der Waals surface area contributed by atoms with Crippen molar-refractivity contribution in [1.82, 2.24) is 19.4 Å². The van der Waals surface area contributed by atoms with E-state index in [1.54, 1.807) is 6.20 Å². The Hall–Kier alpha value is -3.34. The summed E-state index contributed by atoms with van der Waals surface area (Å²) in [7, 11) is 0. The Balaban J connectivity index is 1.61. The van der Waals surface area contributed by atoms with Gasteiger partial charge in [-0.15, -0.1) is 0 Å². The molecule has 0 radical (unpaired) electrons. The summed E-state index contributed by atoms with van der Waals surface area (Å²) in [6.07, 6.45) is 5.70. The maximum Gasteiger partial charge on any atom is 0.271 e. The van der Waals surface area contributed by atoms with Gasteiger partial charge in [-0.25, -0.2) is 0 Å². The summed E-state index contributed by atoms with van der Waals surface area (Å²) in [6.45, 7) is 5.55. The first-order valence-electron chi connectivity index (χ1n) is 9.58. The van der Waals surface area contributed by atoms with Crippen molar-refractivity contribution in [3.63, 3.8) is 0 Å². The second-order valence-electron chi connectivity index (χ2n) is 7.49. The average molecular weight is 370 g/mol. The molecule has 4 aromatic rings.